The molecule has 4 fully saturated rings. The van der Waals surface area contributed by atoms with Crippen LogP contribution in [-0.4, -0.2) is 34.0 Å². The fourth-order valence-electron chi connectivity index (χ4n) is 5.04. The van der Waals surface area contributed by atoms with Crippen molar-refractivity contribution in [3.05, 3.63) is 11.7 Å². The number of carbonyl (C=O) groups excluding carboxylic acids is 1. The van der Waals surface area contributed by atoms with E-state index in [9.17, 15) is 4.79 Å². The Bertz CT molecular complexity index is 588. The molecule has 3 saturated carbocycles. The van der Waals surface area contributed by atoms with Gasteiger partial charge in [0.2, 0.25) is 11.8 Å². The molecule has 3 aliphatic carbocycles. The van der Waals surface area contributed by atoms with Crippen molar-refractivity contribution in [3.8, 4) is 0 Å². The summed E-state index contributed by atoms with van der Waals surface area (Å²) < 4.78 is 5.61. The van der Waals surface area contributed by atoms with E-state index in [1.807, 2.05) is 0 Å². The predicted octanol–water partition coefficient (Wildman–Crippen LogP) is 2.70. The highest BCUT2D eigenvalue weighted by Crippen LogP contribution is 2.57. The average molecular weight is 301 g/mol. The lowest BCUT2D eigenvalue weighted by atomic mass is 9.78. The standard InChI is InChI=1S/C17H23N3O2/c21-17(20-7-1-2-8-20)14-12-6-5-11(9-12)13(14)16-18-15(19-22-16)10-3-4-10/h10-14H,1-9H2/t11-,12+,13+,14+/m1/s1. The molecule has 5 rings (SSSR count). The second-order valence-corrected chi connectivity index (χ2v) is 7.68. The minimum Gasteiger partial charge on any atom is -0.342 e. The van der Waals surface area contributed by atoms with E-state index in [-0.39, 0.29) is 11.8 Å². The van der Waals surface area contributed by atoms with Crippen LogP contribution in [0.5, 0.6) is 0 Å². The van der Waals surface area contributed by atoms with Gasteiger partial charge in [0, 0.05) is 19.0 Å². The second kappa shape index (κ2) is 4.80. The van der Waals surface area contributed by atoms with Crippen molar-refractivity contribution in [3.63, 3.8) is 0 Å². The van der Waals surface area contributed by atoms with E-state index >= 15 is 0 Å². The van der Waals surface area contributed by atoms with Crippen molar-refractivity contribution < 1.29 is 9.32 Å². The minimum absolute atomic E-state index is 0.101. The van der Waals surface area contributed by atoms with Crippen LogP contribution in [0.1, 0.15) is 68.5 Å². The summed E-state index contributed by atoms with van der Waals surface area (Å²) in [5.74, 6) is 3.92. The van der Waals surface area contributed by atoms with Crippen molar-refractivity contribution in [1.82, 2.24) is 15.0 Å². The highest BCUT2D eigenvalue weighted by Gasteiger charge is 2.54. The van der Waals surface area contributed by atoms with Gasteiger partial charge in [0.1, 0.15) is 0 Å². The number of nitrogens with zero attached hydrogens (tertiary/aromatic N) is 3. The third-order valence-corrected chi connectivity index (χ3v) is 6.30. The molecular weight excluding hydrogens is 278 g/mol. The Morgan fingerprint density at radius 1 is 1.09 bits per heavy atom. The fraction of sp³-hybridized carbons (Fsp3) is 0.824. The Morgan fingerprint density at radius 2 is 1.86 bits per heavy atom. The maximum absolute atomic E-state index is 13.0. The number of fused-ring (bicyclic) bond motifs is 2. The van der Waals surface area contributed by atoms with Crippen molar-refractivity contribution in [2.24, 2.45) is 17.8 Å². The summed E-state index contributed by atoms with van der Waals surface area (Å²) in [6, 6.07) is 0. The van der Waals surface area contributed by atoms with Crippen LogP contribution >= 0.6 is 0 Å². The molecule has 0 spiro atoms. The van der Waals surface area contributed by atoms with Gasteiger partial charge in [0.05, 0.1) is 11.8 Å². The van der Waals surface area contributed by atoms with Gasteiger partial charge in [-0.3, -0.25) is 4.79 Å². The maximum atomic E-state index is 13.0. The SMILES string of the molecule is O=C([C@H]1[C@H]2CC[C@H](C2)[C@@H]1c1nc(C2CC2)no1)N1CCCC1. The summed E-state index contributed by atoms with van der Waals surface area (Å²) in [6.45, 7) is 1.88. The molecule has 0 radical (unpaired) electrons. The van der Waals surface area contributed by atoms with E-state index in [4.69, 9.17) is 4.52 Å². The zero-order valence-electron chi connectivity index (χ0n) is 12.9. The molecule has 4 aliphatic rings. The monoisotopic (exact) mass is 301 g/mol. The van der Waals surface area contributed by atoms with Gasteiger partial charge in [-0.15, -0.1) is 0 Å². The molecule has 0 aromatic carbocycles. The molecule has 2 heterocycles. The molecule has 22 heavy (non-hydrogen) atoms. The van der Waals surface area contributed by atoms with E-state index in [0.717, 1.165) is 37.6 Å². The molecule has 1 saturated heterocycles. The first-order valence-corrected chi connectivity index (χ1v) is 8.93. The lowest BCUT2D eigenvalue weighted by Crippen LogP contribution is -2.39. The molecular formula is C17H23N3O2. The number of hydrogen-bond donors (Lipinski definition) is 0. The van der Waals surface area contributed by atoms with Gasteiger partial charge >= 0.3 is 0 Å². The fourth-order valence-corrected chi connectivity index (χ4v) is 5.04. The van der Waals surface area contributed by atoms with Gasteiger partial charge in [0.25, 0.3) is 0 Å². The third-order valence-electron chi connectivity index (χ3n) is 6.30. The Balaban J connectivity index is 1.44. The molecule has 118 valence electrons. The van der Waals surface area contributed by atoms with Crippen LogP contribution in [0.25, 0.3) is 0 Å². The highest BCUT2D eigenvalue weighted by atomic mass is 16.5. The molecule has 1 aromatic rings. The van der Waals surface area contributed by atoms with Crippen molar-refractivity contribution in [2.75, 3.05) is 13.1 Å². The van der Waals surface area contributed by atoms with Crippen LogP contribution < -0.4 is 0 Å². The topological polar surface area (TPSA) is 59.2 Å². The van der Waals surface area contributed by atoms with Crippen molar-refractivity contribution >= 4 is 5.91 Å². The molecule has 1 aromatic heterocycles. The number of carbonyl (C=O) groups is 1. The molecule has 5 heteroatoms. The number of likely N-dealkylation sites (tertiary alicyclic amines) is 1. The maximum Gasteiger partial charge on any atom is 0.230 e. The lowest BCUT2D eigenvalue weighted by molar-refractivity contribution is -0.137. The van der Waals surface area contributed by atoms with Crippen LogP contribution in [0.2, 0.25) is 0 Å². The molecule has 4 atom stereocenters. The van der Waals surface area contributed by atoms with E-state index in [2.05, 4.69) is 15.0 Å². The average Bonchev–Trinajstić information content (AvgIpc) is 3.05. The number of hydrogen-bond acceptors (Lipinski definition) is 4. The molecule has 5 nitrogen and oxygen atoms in total. The Hall–Kier alpha value is -1.39. The minimum atomic E-state index is 0.101. The van der Waals surface area contributed by atoms with Gasteiger partial charge in [-0.25, -0.2) is 0 Å². The first-order chi connectivity index (χ1) is 10.8. The van der Waals surface area contributed by atoms with Gasteiger partial charge in [0.15, 0.2) is 5.82 Å². The Labute approximate surface area is 130 Å². The largest absolute Gasteiger partial charge is 0.342 e. The van der Waals surface area contributed by atoms with Crippen LogP contribution in [0, 0.1) is 17.8 Å². The van der Waals surface area contributed by atoms with E-state index in [1.54, 1.807) is 0 Å². The number of amides is 1. The molecule has 0 unspecified atom stereocenters. The summed E-state index contributed by atoms with van der Waals surface area (Å²) in [5, 5.41) is 4.19. The summed E-state index contributed by atoms with van der Waals surface area (Å²) >= 11 is 0. The lowest BCUT2D eigenvalue weighted by Gasteiger charge is -2.30. The van der Waals surface area contributed by atoms with E-state index < -0.39 is 0 Å². The van der Waals surface area contributed by atoms with Gasteiger partial charge in [-0.1, -0.05) is 5.16 Å². The zero-order chi connectivity index (χ0) is 14.7. The molecule has 0 N–H and O–H groups in total. The smallest absolute Gasteiger partial charge is 0.230 e. The van der Waals surface area contributed by atoms with Crippen LogP contribution in [0.4, 0.5) is 0 Å². The normalized spacial score (nSPS) is 37.2. The van der Waals surface area contributed by atoms with E-state index in [0.29, 0.717) is 23.7 Å². The van der Waals surface area contributed by atoms with Crippen LogP contribution in [0.15, 0.2) is 4.52 Å². The molecule has 2 bridgehead atoms. The van der Waals surface area contributed by atoms with Crippen molar-refractivity contribution in [2.45, 2.75) is 56.8 Å². The second-order valence-electron chi connectivity index (χ2n) is 7.68. The molecule has 1 aliphatic heterocycles. The van der Waals surface area contributed by atoms with Crippen molar-refractivity contribution in [1.29, 1.82) is 0 Å². The predicted molar refractivity (Wildman–Crippen MR) is 79.1 cm³/mol. The van der Waals surface area contributed by atoms with E-state index in [1.165, 1.54) is 32.1 Å². The number of rotatable bonds is 3. The Morgan fingerprint density at radius 3 is 2.64 bits per heavy atom. The summed E-state index contributed by atoms with van der Waals surface area (Å²) in [7, 11) is 0. The zero-order valence-corrected chi connectivity index (χ0v) is 12.9. The van der Waals surface area contributed by atoms with Gasteiger partial charge in [-0.05, 0) is 56.8 Å². The number of aromatic nitrogens is 2. The molecule has 1 amide bonds. The van der Waals surface area contributed by atoms with Gasteiger partial charge < -0.3 is 9.42 Å². The quantitative estimate of drug-likeness (QED) is 0.861. The summed E-state index contributed by atoms with van der Waals surface area (Å²) in [6.07, 6.45) is 8.29. The Kier molecular flexibility index (Phi) is 2.86. The van der Waals surface area contributed by atoms with Crippen LogP contribution in [0.3, 0.4) is 0 Å². The third kappa shape index (κ3) is 1.94. The van der Waals surface area contributed by atoms with Crippen LogP contribution in [-0.2, 0) is 4.79 Å². The van der Waals surface area contributed by atoms with Gasteiger partial charge in [-0.2, -0.15) is 4.98 Å². The summed E-state index contributed by atoms with van der Waals surface area (Å²) in [4.78, 5) is 19.8. The highest BCUT2D eigenvalue weighted by molar-refractivity contribution is 5.81. The first kappa shape index (κ1) is 13.1. The summed E-state index contributed by atoms with van der Waals surface area (Å²) in [5.41, 5.74) is 0. The first-order valence-electron chi connectivity index (χ1n) is 8.93.